The zero-order valence-corrected chi connectivity index (χ0v) is 11.8. The van der Waals surface area contributed by atoms with Crippen molar-refractivity contribution in [1.29, 1.82) is 0 Å². The molecule has 1 amide bonds. The molecule has 0 saturated carbocycles. The van der Waals surface area contributed by atoms with Gasteiger partial charge in [-0.2, -0.15) is 4.39 Å². The smallest absolute Gasteiger partial charge is 0.305 e. The number of amides is 1. The number of nitrogens with zero attached hydrogens (tertiary/aromatic N) is 1. The van der Waals surface area contributed by atoms with E-state index in [4.69, 9.17) is 23.2 Å². The fourth-order valence-corrected chi connectivity index (χ4v) is 1.75. The van der Waals surface area contributed by atoms with Gasteiger partial charge in [-0.1, -0.05) is 0 Å². The fraction of sp³-hybridized carbons (Fsp3) is 0.364. The van der Waals surface area contributed by atoms with Gasteiger partial charge in [0.15, 0.2) is 0 Å². The van der Waals surface area contributed by atoms with Crippen molar-refractivity contribution in [3.63, 3.8) is 0 Å². The van der Waals surface area contributed by atoms with Crippen LogP contribution >= 0.6 is 23.2 Å². The van der Waals surface area contributed by atoms with Crippen LogP contribution in [0.1, 0.15) is 17.3 Å². The minimum absolute atomic E-state index is 0.0968. The molecule has 0 bridgehead atoms. The monoisotopic (exact) mass is 326 g/mol. The van der Waals surface area contributed by atoms with Crippen molar-refractivity contribution in [3.05, 3.63) is 39.4 Å². The number of carbonyl (C=O) groups excluding carboxylic acids is 1. The van der Waals surface area contributed by atoms with Gasteiger partial charge in [-0.05, 0) is 13.0 Å². The van der Waals surface area contributed by atoms with E-state index in [0.717, 1.165) is 0 Å². The van der Waals surface area contributed by atoms with E-state index in [2.05, 4.69) is 5.32 Å². The summed E-state index contributed by atoms with van der Waals surface area (Å²) in [5.41, 5.74) is -3.13. The Morgan fingerprint density at radius 3 is 2.40 bits per heavy atom. The average molecular weight is 327 g/mol. The summed E-state index contributed by atoms with van der Waals surface area (Å²) >= 11 is 11.2. The standard InChI is InChI=1S/C11H10Cl2F2N2O3/c1-11(4-12,5-13)16-10(18)8-6(14)2-3-7(9(8)15)17(19)20/h2-3H,4-5H2,1H3,(H,16,18). The number of rotatable bonds is 5. The van der Waals surface area contributed by atoms with Gasteiger partial charge in [0.25, 0.3) is 5.91 Å². The minimum Gasteiger partial charge on any atom is -0.344 e. The van der Waals surface area contributed by atoms with Crippen molar-refractivity contribution < 1.29 is 18.5 Å². The molecule has 0 aromatic heterocycles. The van der Waals surface area contributed by atoms with Crippen LogP contribution in [0.4, 0.5) is 14.5 Å². The number of hydrogen-bond donors (Lipinski definition) is 1. The SMILES string of the molecule is CC(CCl)(CCl)NC(=O)c1c(F)ccc([N+](=O)[O-])c1F. The van der Waals surface area contributed by atoms with Crippen LogP contribution in [-0.4, -0.2) is 28.1 Å². The normalized spacial score (nSPS) is 11.2. The minimum atomic E-state index is -1.54. The predicted octanol–water partition coefficient (Wildman–Crippen LogP) is 2.84. The molecule has 1 N–H and O–H groups in total. The lowest BCUT2D eigenvalue weighted by Gasteiger charge is -2.26. The van der Waals surface area contributed by atoms with Crippen molar-refractivity contribution in [1.82, 2.24) is 5.32 Å². The molecule has 20 heavy (non-hydrogen) atoms. The van der Waals surface area contributed by atoms with Crippen molar-refractivity contribution >= 4 is 34.8 Å². The Bertz CT molecular complexity index is 551. The Balaban J connectivity index is 3.23. The third-order valence-electron chi connectivity index (χ3n) is 2.50. The molecule has 9 heteroatoms. The number of nitro groups is 1. The van der Waals surface area contributed by atoms with Gasteiger partial charge < -0.3 is 5.32 Å². The van der Waals surface area contributed by atoms with E-state index < -0.39 is 39.3 Å². The van der Waals surface area contributed by atoms with Crippen LogP contribution in [-0.2, 0) is 0 Å². The van der Waals surface area contributed by atoms with Crippen molar-refractivity contribution in [2.75, 3.05) is 11.8 Å². The van der Waals surface area contributed by atoms with Crippen molar-refractivity contribution in [2.45, 2.75) is 12.5 Å². The third kappa shape index (κ3) is 3.34. The molecule has 0 aliphatic rings. The number of carbonyl (C=O) groups is 1. The summed E-state index contributed by atoms with van der Waals surface area (Å²) in [5.74, 6) is -4.11. The van der Waals surface area contributed by atoms with E-state index in [-0.39, 0.29) is 11.8 Å². The first-order chi connectivity index (χ1) is 9.25. The van der Waals surface area contributed by atoms with E-state index in [1.165, 1.54) is 6.92 Å². The zero-order valence-electron chi connectivity index (χ0n) is 10.3. The number of nitrogens with one attached hydrogen (secondary N) is 1. The number of hydrogen-bond acceptors (Lipinski definition) is 3. The lowest BCUT2D eigenvalue weighted by atomic mass is 10.1. The Kier molecular flexibility index (Phi) is 5.24. The highest BCUT2D eigenvalue weighted by Crippen LogP contribution is 2.23. The molecule has 0 fully saturated rings. The summed E-state index contributed by atoms with van der Waals surface area (Å²) in [7, 11) is 0. The first-order valence-corrected chi connectivity index (χ1v) is 6.39. The molecule has 0 unspecified atom stereocenters. The molecule has 1 aromatic rings. The highest BCUT2D eigenvalue weighted by atomic mass is 35.5. The van der Waals surface area contributed by atoms with Crippen LogP contribution in [0.5, 0.6) is 0 Å². The Morgan fingerprint density at radius 2 is 1.95 bits per heavy atom. The van der Waals surface area contributed by atoms with Crippen molar-refractivity contribution in [2.24, 2.45) is 0 Å². The Labute approximate surface area is 123 Å². The third-order valence-corrected chi connectivity index (χ3v) is 3.68. The molecule has 0 radical (unpaired) electrons. The predicted molar refractivity (Wildman–Crippen MR) is 70.3 cm³/mol. The van der Waals surface area contributed by atoms with E-state index in [1.807, 2.05) is 0 Å². The Hall–Kier alpha value is -1.47. The molecule has 1 rings (SSSR count). The van der Waals surface area contributed by atoms with Gasteiger partial charge in [0, 0.05) is 17.8 Å². The van der Waals surface area contributed by atoms with Crippen molar-refractivity contribution in [3.8, 4) is 0 Å². The molecule has 0 spiro atoms. The maximum atomic E-state index is 13.8. The van der Waals surface area contributed by atoms with Crippen LogP contribution in [0.15, 0.2) is 12.1 Å². The molecule has 1 aromatic carbocycles. The van der Waals surface area contributed by atoms with Crippen LogP contribution in [0, 0.1) is 21.7 Å². The van der Waals surface area contributed by atoms with Gasteiger partial charge >= 0.3 is 5.69 Å². The van der Waals surface area contributed by atoms with Gasteiger partial charge in [0.05, 0.1) is 10.5 Å². The summed E-state index contributed by atoms with van der Waals surface area (Å²) in [6, 6.07) is 1.29. The van der Waals surface area contributed by atoms with Crippen LogP contribution in [0.2, 0.25) is 0 Å². The molecule has 5 nitrogen and oxygen atoms in total. The van der Waals surface area contributed by atoms with E-state index >= 15 is 0 Å². The molecule has 0 aliphatic carbocycles. The quantitative estimate of drug-likeness (QED) is 0.513. The first kappa shape index (κ1) is 16.6. The van der Waals surface area contributed by atoms with E-state index in [9.17, 15) is 23.7 Å². The summed E-state index contributed by atoms with van der Waals surface area (Å²) < 4.78 is 27.3. The molecular weight excluding hydrogens is 317 g/mol. The molecule has 110 valence electrons. The highest BCUT2D eigenvalue weighted by Gasteiger charge is 2.31. The van der Waals surface area contributed by atoms with Gasteiger partial charge in [-0.3, -0.25) is 14.9 Å². The van der Waals surface area contributed by atoms with Crippen LogP contribution in [0.25, 0.3) is 0 Å². The summed E-state index contributed by atoms with van der Waals surface area (Å²) in [4.78, 5) is 21.4. The largest absolute Gasteiger partial charge is 0.344 e. The van der Waals surface area contributed by atoms with E-state index in [0.29, 0.717) is 12.1 Å². The molecule has 0 atom stereocenters. The van der Waals surface area contributed by atoms with E-state index in [1.54, 1.807) is 0 Å². The second-order valence-corrected chi connectivity index (χ2v) is 4.83. The second kappa shape index (κ2) is 6.32. The number of alkyl halides is 2. The van der Waals surface area contributed by atoms with Gasteiger partial charge in [0.2, 0.25) is 5.82 Å². The lowest BCUT2D eigenvalue weighted by molar-refractivity contribution is -0.387. The highest BCUT2D eigenvalue weighted by molar-refractivity contribution is 6.22. The zero-order chi connectivity index (χ0) is 15.5. The maximum Gasteiger partial charge on any atom is 0.305 e. The molecule has 0 saturated heterocycles. The van der Waals surface area contributed by atoms with Gasteiger partial charge in [-0.25, -0.2) is 4.39 Å². The first-order valence-electron chi connectivity index (χ1n) is 5.32. The number of halogens is 4. The molecule has 0 heterocycles. The lowest BCUT2D eigenvalue weighted by Crippen LogP contribution is -2.49. The van der Waals surface area contributed by atoms with Crippen LogP contribution in [0.3, 0.4) is 0 Å². The maximum absolute atomic E-state index is 13.8. The summed E-state index contributed by atoms with van der Waals surface area (Å²) in [6.45, 7) is 1.47. The summed E-state index contributed by atoms with van der Waals surface area (Å²) in [5, 5.41) is 12.8. The molecule has 0 aliphatic heterocycles. The number of nitro benzene ring substituents is 1. The average Bonchev–Trinajstić information content (AvgIpc) is 2.38. The topological polar surface area (TPSA) is 72.2 Å². The second-order valence-electron chi connectivity index (χ2n) is 4.29. The van der Waals surface area contributed by atoms with Gasteiger partial charge in [-0.15, -0.1) is 23.2 Å². The molecular formula is C11H10Cl2F2N2O3. The summed E-state index contributed by atoms with van der Waals surface area (Å²) in [6.07, 6.45) is 0. The van der Waals surface area contributed by atoms with Gasteiger partial charge in [0.1, 0.15) is 11.4 Å². The fourth-order valence-electron chi connectivity index (χ4n) is 1.33. The Morgan fingerprint density at radius 1 is 1.40 bits per heavy atom. The number of benzene rings is 1. The van der Waals surface area contributed by atoms with Crippen LogP contribution < -0.4 is 5.32 Å².